The number of benzene rings is 1. The molecule has 0 unspecified atom stereocenters. The summed E-state index contributed by atoms with van der Waals surface area (Å²) in [6.45, 7) is 2.18. The Hall–Kier alpha value is -2.31. The molecule has 1 aromatic carbocycles. The number of carbonyl (C=O) groups excluding carboxylic acids is 1. The largest absolute Gasteiger partial charge is 0.487 e. The van der Waals surface area contributed by atoms with E-state index < -0.39 is 4.92 Å². The van der Waals surface area contributed by atoms with Gasteiger partial charge in [0, 0.05) is 13.0 Å². The summed E-state index contributed by atoms with van der Waals surface area (Å²) in [6.07, 6.45) is 1.56. The standard InChI is InChI=1S/C12H14N2O5/c1-8(15)13-9-4-5-10(14(16)17)12-11(9)18-6-2-3-7-19-12/h4-5H,2-3,6-7H2,1H3,(H,13,15). The molecule has 0 saturated carbocycles. The number of hydrogen-bond acceptors (Lipinski definition) is 5. The van der Waals surface area contributed by atoms with Crippen LogP contribution in [0.1, 0.15) is 19.8 Å². The number of nitrogens with zero attached hydrogens (tertiary/aromatic N) is 1. The molecule has 0 fully saturated rings. The number of anilines is 1. The van der Waals surface area contributed by atoms with Crippen LogP contribution in [0.2, 0.25) is 0 Å². The quantitative estimate of drug-likeness (QED) is 0.653. The van der Waals surface area contributed by atoms with Crippen LogP contribution in [0.25, 0.3) is 0 Å². The second kappa shape index (κ2) is 5.55. The molecule has 0 aliphatic carbocycles. The first-order valence-corrected chi connectivity index (χ1v) is 5.94. The van der Waals surface area contributed by atoms with Crippen LogP contribution in [0.3, 0.4) is 0 Å². The van der Waals surface area contributed by atoms with Gasteiger partial charge in [-0.25, -0.2) is 0 Å². The van der Waals surface area contributed by atoms with Crippen LogP contribution < -0.4 is 14.8 Å². The maximum atomic E-state index is 11.1. The molecule has 0 spiro atoms. The van der Waals surface area contributed by atoms with Crippen LogP contribution in [0.4, 0.5) is 11.4 Å². The fourth-order valence-corrected chi connectivity index (χ4v) is 1.82. The molecule has 0 bridgehead atoms. The number of ether oxygens (including phenoxy) is 2. The lowest BCUT2D eigenvalue weighted by Gasteiger charge is -2.19. The summed E-state index contributed by atoms with van der Waals surface area (Å²) in [5.41, 5.74) is 0.223. The Labute approximate surface area is 109 Å². The Kier molecular flexibility index (Phi) is 3.84. The van der Waals surface area contributed by atoms with Gasteiger partial charge < -0.3 is 14.8 Å². The molecular weight excluding hydrogens is 252 g/mol. The summed E-state index contributed by atoms with van der Waals surface area (Å²) in [5, 5.41) is 13.6. The molecule has 7 nitrogen and oxygen atoms in total. The lowest BCUT2D eigenvalue weighted by Crippen LogP contribution is -2.13. The van der Waals surface area contributed by atoms with Crippen molar-refractivity contribution in [2.45, 2.75) is 19.8 Å². The Bertz CT molecular complexity index is 515. The van der Waals surface area contributed by atoms with Gasteiger partial charge in [-0.1, -0.05) is 0 Å². The summed E-state index contributed by atoms with van der Waals surface area (Å²) in [6, 6.07) is 2.75. The number of amides is 1. The third-order valence-corrected chi connectivity index (χ3v) is 2.63. The van der Waals surface area contributed by atoms with Crippen molar-refractivity contribution in [3.8, 4) is 11.5 Å². The van der Waals surface area contributed by atoms with E-state index in [1.165, 1.54) is 19.1 Å². The van der Waals surface area contributed by atoms with Crippen LogP contribution in [0, 0.1) is 10.1 Å². The van der Waals surface area contributed by atoms with Crippen LogP contribution in [-0.2, 0) is 4.79 Å². The molecule has 102 valence electrons. The fraction of sp³-hybridized carbons (Fsp3) is 0.417. The summed E-state index contributed by atoms with van der Waals surface area (Å²) >= 11 is 0. The molecule has 0 radical (unpaired) electrons. The van der Waals surface area contributed by atoms with Crippen LogP contribution in [0.15, 0.2) is 12.1 Å². The number of rotatable bonds is 2. The van der Waals surface area contributed by atoms with Crippen molar-refractivity contribution in [2.24, 2.45) is 0 Å². The fourth-order valence-electron chi connectivity index (χ4n) is 1.82. The normalized spacial score (nSPS) is 14.2. The summed E-state index contributed by atoms with van der Waals surface area (Å²) in [7, 11) is 0. The van der Waals surface area contributed by atoms with E-state index in [2.05, 4.69) is 5.32 Å². The second-order valence-electron chi connectivity index (χ2n) is 4.13. The Balaban J connectivity index is 2.50. The van der Waals surface area contributed by atoms with Crippen molar-refractivity contribution in [3.05, 3.63) is 22.2 Å². The van der Waals surface area contributed by atoms with Crippen molar-refractivity contribution in [3.63, 3.8) is 0 Å². The average molecular weight is 266 g/mol. The molecule has 1 amide bonds. The SMILES string of the molecule is CC(=O)Nc1ccc([N+](=O)[O-])c2c1OCCCCO2. The molecule has 1 aliphatic heterocycles. The third-order valence-electron chi connectivity index (χ3n) is 2.63. The minimum atomic E-state index is -0.526. The lowest BCUT2D eigenvalue weighted by atomic mass is 10.2. The summed E-state index contributed by atoms with van der Waals surface area (Å²) in [4.78, 5) is 21.6. The number of hydrogen-bond donors (Lipinski definition) is 1. The Morgan fingerprint density at radius 3 is 2.47 bits per heavy atom. The van der Waals surface area contributed by atoms with Crippen molar-refractivity contribution >= 4 is 17.3 Å². The van der Waals surface area contributed by atoms with Crippen LogP contribution >= 0.6 is 0 Å². The van der Waals surface area contributed by atoms with E-state index in [4.69, 9.17) is 9.47 Å². The molecule has 2 rings (SSSR count). The van der Waals surface area contributed by atoms with Gasteiger partial charge in [-0.05, 0) is 18.9 Å². The second-order valence-corrected chi connectivity index (χ2v) is 4.13. The number of nitro benzene ring substituents is 1. The minimum absolute atomic E-state index is 0.0796. The van der Waals surface area contributed by atoms with E-state index in [9.17, 15) is 14.9 Å². The highest BCUT2D eigenvalue weighted by Gasteiger charge is 2.25. The number of nitro groups is 1. The molecule has 7 heteroatoms. The predicted octanol–water partition coefficient (Wildman–Crippen LogP) is 2.10. The van der Waals surface area contributed by atoms with Gasteiger partial charge in [0.15, 0.2) is 5.75 Å². The van der Waals surface area contributed by atoms with Crippen molar-refractivity contribution in [2.75, 3.05) is 18.5 Å². The monoisotopic (exact) mass is 266 g/mol. The highest BCUT2D eigenvalue weighted by molar-refractivity contribution is 5.91. The van der Waals surface area contributed by atoms with Gasteiger partial charge in [0.1, 0.15) is 0 Å². The van der Waals surface area contributed by atoms with Gasteiger partial charge in [0.05, 0.1) is 23.8 Å². The molecule has 0 atom stereocenters. The van der Waals surface area contributed by atoms with E-state index >= 15 is 0 Å². The van der Waals surface area contributed by atoms with Gasteiger partial charge in [-0.3, -0.25) is 14.9 Å². The van der Waals surface area contributed by atoms with E-state index in [1.807, 2.05) is 0 Å². The summed E-state index contributed by atoms with van der Waals surface area (Å²) < 4.78 is 10.9. The molecule has 1 N–H and O–H groups in total. The zero-order valence-electron chi connectivity index (χ0n) is 10.5. The van der Waals surface area contributed by atoms with Crippen molar-refractivity contribution in [1.29, 1.82) is 0 Å². The Morgan fingerprint density at radius 2 is 1.89 bits per heavy atom. The topological polar surface area (TPSA) is 90.7 Å². The summed E-state index contributed by atoms with van der Waals surface area (Å²) in [5.74, 6) is 0.0294. The van der Waals surface area contributed by atoms with Crippen molar-refractivity contribution < 1.29 is 19.2 Å². The molecule has 0 aromatic heterocycles. The maximum Gasteiger partial charge on any atom is 0.315 e. The number of fused-ring (bicyclic) bond motifs is 1. The smallest absolute Gasteiger partial charge is 0.315 e. The first-order chi connectivity index (χ1) is 9.09. The van der Waals surface area contributed by atoms with Gasteiger partial charge in [0.25, 0.3) is 0 Å². The highest BCUT2D eigenvalue weighted by Crippen LogP contribution is 2.43. The van der Waals surface area contributed by atoms with Gasteiger partial charge in [0.2, 0.25) is 11.7 Å². The zero-order valence-corrected chi connectivity index (χ0v) is 10.5. The molecule has 1 heterocycles. The average Bonchev–Trinajstić information content (AvgIpc) is 2.29. The van der Waals surface area contributed by atoms with E-state index in [1.54, 1.807) is 0 Å². The molecule has 19 heavy (non-hydrogen) atoms. The van der Waals surface area contributed by atoms with Crippen LogP contribution in [0.5, 0.6) is 11.5 Å². The number of nitrogens with one attached hydrogen (secondary N) is 1. The number of carbonyl (C=O) groups is 1. The van der Waals surface area contributed by atoms with Gasteiger partial charge in [-0.15, -0.1) is 0 Å². The predicted molar refractivity (Wildman–Crippen MR) is 67.6 cm³/mol. The minimum Gasteiger partial charge on any atom is -0.487 e. The van der Waals surface area contributed by atoms with Gasteiger partial charge >= 0.3 is 5.69 Å². The van der Waals surface area contributed by atoms with E-state index in [0.717, 1.165) is 12.8 Å². The molecular formula is C12H14N2O5. The van der Waals surface area contributed by atoms with Gasteiger partial charge in [-0.2, -0.15) is 0 Å². The lowest BCUT2D eigenvalue weighted by molar-refractivity contribution is -0.386. The Morgan fingerprint density at radius 1 is 1.26 bits per heavy atom. The third kappa shape index (κ3) is 2.93. The van der Waals surface area contributed by atoms with Crippen LogP contribution in [-0.4, -0.2) is 24.0 Å². The van der Waals surface area contributed by atoms with E-state index in [0.29, 0.717) is 18.9 Å². The molecule has 0 saturated heterocycles. The maximum absolute atomic E-state index is 11.1. The molecule has 1 aliphatic rings. The van der Waals surface area contributed by atoms with E-state index in [-0.39, 0.29) is 23.1 Å². The van der Waals surface area contributed by atoms with Crippen molar-refractivity contribution in [1.82, 2.24) is 0 Å². The first-order valence-electron chi connectivity index (χ1n) is 5.94. The zero-order chi connectivity index (χ0) is 13.8. The first kappa shape index (κ1) is 13.1. The highest BCUT2D eigenvalue weighted by atomic mass is 16.6. The molecule has 1 aromatic rings.